The molecule has 10 nitrogen and oxygen atoms in total. The maximum Gasteiger partial charge on any atom is 0.328 e. The summed E-state index contributed by atoms with van der Waals surface area (Å²) in [5, 5.41) is 2.77. The van der Waals surface area contributed by atoms with Crippen molar-refractivity contribution in [1.29, 1.82) is 0 Å². The Morgan fingerprint density at radius 3 is 2.65 bits per heavy atom. The van der Waals surface area contributed by atoms with Crippen molar-refractivity contribution < 1.29 is 28.7 Å². The third kappa shape index (κ3) is 5.85. The number of ether oxygens (including phenoxy) is 2. The first-order chi connectivity index (χ1) is 17.9. The van der Waals surface area contributed by atoms with Crippen LogP contribution in [0.5, 0.6) is 5.75 Å². The van der Waals surface area contributed by atoms with E-state index >= 15 is 0 Å². The van der Waals surface area contributed by atoms with Crippen LogP contribution in [0.25, 0.3) is 0 Å². The summed E-state index contributed by atoms with van der Waals surface area (Å²) in [6.45, 7) is 1.51. The number of rotatable bonds is 10. The molecule has 0 fully saturated rings. The van der Waals surface area contributed by atoms with Crippen molar-refractivity contribution in [2.45, 2.75) is 37.9 Å². The molecule has 0 saturated carbocycles. The molecule has 3 atom stereocenters. The van der Waals surface area contributed by atoms with Crippen molar-refractivity contribution in [2.24, 2.45) is 0 Å². The number of aromatic nitrogens is 2. The van der Waals surface area contributed by atoms with Crippen molar-refractivity contribution in [1.82, 2.24) is 20.2 Å². The van der Waals surface area contributed by atoms with Gasteiger partial charge in [0.2, 0.25) is 11.8 Å². The second kappa shape index (κ2) is 11.5. The summed E-state index contributed by atoms with van der Waals surface area (Å²) in [5.41, 5.74) is 2.48. The Bertz CT molecular complexity index is 1260. The first-order valence-electron chi connectivity index (χ1n) is 11.8. The highest BCUT2D eigenvalue weighted by molar-refractivity contribution is 5.91. The van der Waals surface area contributed by atoms with Crippen LogP contribution in [0.1, 0.15) is 40.1 Å². The number of imidazole rings is 1. The van der Waals surface area contributed by atoms with Gasteiger partial charge in [0.15, 0.2) is 0 Å². The third-order valence-electron chi connectivity index (χ3n) is 6.31. The van der Waals surface area contributed by atoms with Gasteiger partial charge >= 0.3 is 5.97 Å². The number of hydrogen-bond donors (Lipinski definition) is 2. The molecule has 4 rings (SSSR count). The van der Waals surface area contributed by atoms with Crippen molar-refractivity contribution in [2.75, 3.05) is 13.7 Å². The van der Waals surface area contributed by atoms with Gasteiger partial charge in [0.25, 0.3) is 0 Å². The first kappa shape index (κ1) is 25.6. The van der Waals surface area contributed by atoms with Gasteiger partial charge in [0.1, 0.15) is 30.7 Å². The average Bonchev–Trinajstić information content (AvgIpc) is 3.57. The molecule has 1 aromatic heterocycles. The number of nitrogens with zero attached hydrogens (tertiary/aromatic N) is 2. The van der Waals surface area contributed by atoms with Gasteiger partial charge in [-0.3, -0.25) is 14.4 Å². The van der Waals surface area contributed by atoms with E-state index in [1.54, 1.807) is 24.4 Å². The lowest BCUT2D eigenvalue weighted by Gasteiger charge is -2.35. The number of methoxy groups -OCH3 is 1. The molecule has 0 saturated heterocycles. The van der Waals surface area contributed by atoms with E-state index in [9.17, 15) is 19.2 Å². The lowest BCUT2D eigenvalue weighted by Crippen LogP contribution is -2.55. The second-order valence-electron chi connectivity index (χ2n) is 8.72. The minimum Gasteiger partial charge on any atom is -0.491 e. The summed E-state index contributed by atoms with van der Waals surface area (Å²) in [6.07, 6.45) is 4.13. The fourth-order valence-electron chi connectivity index (χ4n) is 4.55. The zero-order valence-corrected chi connectivity index (χ0v) is 20.5. The van der Waals surface area contributed by atoms with Crippen molar-refractivity contribution in [3.05, 3.63) is 83.4 Å². The summed E-state index contributed by atoms with van der Waals surface area (Å²) < 4.78 is 10.7. The number of hydrogen-bond acceptors (Lipinski definition) is 7. The molecule has 10 heteroatoms. The Balaban J connectivity index is 1.69. The minimum absolute atomic E-state index is 0.109. The smallest absolute Gasteiger partial charge is 0.328 e. The van der Waals surface area contributed by atoms with Crippen LogP contribution in [0.2, 0.25) is 0 Å². The first-order valence-corrected chi connectivity index (χ1v) is 11.8. The molecular weight excluding hydrogens is 476 g/mol. The molecule has 0 spiro atoms. The minimum atomic E-state index is -1.01. The van der Waals surface area contributed by atoms with Gasteiger partial charge in [-0.1, -0.05) is 30.3 Å². The van der Waals surface area contributed by atoms with E-state index in [1.165, 1.54) is 25.3 Å². The van der Waals surface area contributed by atoms with E-state index in [2.05, 4.69) is 15.3 Å². The van der Waals surface area contributed by atoms with E-state index < -0.39 is 30.0 Å². The Hall–Kier alpha value is -4.47. The van der Waals surface area contributed by atoms with E-state index in [4.69, 9.17) is 9.47 Å². The fraction of sp³-hybridized carbons (Fsp3) is 0.296. The van der Waals surface area contributed by atoms with E-state index in [0.717, 1.165) is 11.8 Å². The van der Waals surface area contributed by atoms with Gasteiger partial charge in [-0.05, 0) is 23.8 Å². The van der Waals surface area contributed by atoms with Crippen LogP contribution in [0.3, 0.4) is 0 Å². The van der Waals surface area contributed by atoms with Gasteiger partial charge in [-0.2, -0.15) is 0 Å². The number of esters is 1. The number of benzene rings is 2. The standard InChI is InChI=1S/C27H28N4O6/c1-17(33)31(24-15-37-25-9-8-19(14-32)10-21(24)25)23(11-18-6-4-3-5-7-18)26(34)30-22(27(35)36-2)12-20-13-28-16-29-20/h3-10,13-14,16,22-24H,11-12,15H2,1-2H3,(H,28,29)(H,30,34)/t22-,23-,24?/m0/s1. The molecule has 0 aliphatic carbocycles. The van der Waals surface area contributed by atoms with Crippen molar-refractivity contribution in [3.8, 4) is 5.75 Å². The number of carbonyl (C=O) groups excluding carboxylic acids is 4. The monoisotopic (exact) mass is 504 g/mol. The molecule has 2 aromatic carbocycles. The Morgan fingerprint density at radius 2 is 2.00 bits per heavy atom. The van der Waals surface area contributed by atoms with Gasteiger partial charge in [-0.15, -0.1) is 0 Å². The normalized spacial score (nSPS) is 15.6. The van der Waals surface area contributed by atoms with Crippen LogP contribution >= 0.6 is 0 Å². The molecule has 1 unspecified atom stereocenters. The van der Waals surface area contributed by atoms with E-state index in [0.29, 0.717) is 22.6 Å². The molecule has 1 aliphatic rings. The predicted molar refractivity (Wildman–Crippen MR) is 133 cm³/mol. The fourth-order valence-corrected chi connectivity index (χ4v) is 4.55. The number of aromatic amines is 1. The molecule has 3 aromatic rings. The average molecular weight is 505 g/mol. The zero-order valence-electron chi connectivity index (χ0n) is 20.5. The Morgan fingerprint density at radius 1 is 1.22 bits per heavy atom. The molecular formula is C27H28N4O6. The summed E-state index contributed by atoms with van der Waals surface area (Å²) >= 11 is 0. The second-order valence-corrected chi connectivity index (χ2v) is 8.72. The van der Waals surface area contributed by atoms with Gasteiger partial charge in [0, 0.05) is 37.1 Å². The number of carbonyl (C=O) groups is 4. The highest BCUT2D eigenvalue weighted by Gasteiger charge is 2.40. The van der Waals surface area contributed by atoms with E-state index in [-0.39, 0.29) is 25.4 Å². The zero-order chi connectivity index (χ0) is 26.4. The lowest BCUT2D eigenvalue weighted by molar-refractivity contribution is -0.147. The largest absolute Gasteiger partial charge is 0.491 e. The quantitative estimate of drug-likeness (QED) is 0.319. The number of nitrogens with one attached hydrogen (secondary N) is 2. The highest BCUT2D eigenvalue weighted by atomic mass is 16.5. The topological polar surface area (TPSA) is 131 Å². The summed E-state index contributed by atoms with van der Waals surface area (Å²) in [4.78, 5) is 59.3. The molecule has 2 amide bonds. The Kier molecular flexibility index (Phi) is 7.97. The maximum absolute atomic E-state index is 13.8. The maximum atomic E-state index is 13.8. The van der Waals surface area contributed by atoms with Crippen LogP contribution in [0.15, 0.2) is 61.1 Å². The van der Waals surface area contributed by atoms with Crippen LogP contribution < -0.4 is 10.1 Å². The van der Waals surface area contributed by atoms with E-state index in [1.807, 2.05) is 30.3 Å². The summed E-state index contributed by atoms with van der Waals surface area (Å²) in [6, 6.07) is 11.7. The summed E-state index contributed by atoms with van der Waals surface area (Å²) in [5.74, 6) is -0.956. The summed E-state index contributed by atoms with van der Waals surface area (Å²) in [7, 11) is 1.24. The van der Waals surface area contributed by atoms with Crippen LogP contribution in [-0.2, 0) is 32.0 Å². The van der Waals surface area contributed by atoms with Crippen LogP contribution in [0.4, 0.5) is 0 Å². The highest BCUT2D eigenvalue weighted by Crippen LogP contribution is 2.38. The number of amides is 2. The van der Waals surface area contributed by atoms with Crippen molar-refractivity contribution >= 4 is 24.1 Å². The molecule has 1 aliphatic heterocycles. The number of H-pyrrole nitrogens is 1. The van der Waals surface area contributed by atoms with Gasteiger partial charge < -0.3 is 24.7 Å². The molecule has 0 bridgehead atoms. The SMILES string of the molecule is COC(=O)[C@H](Cc1c[nH]cn1)NC(=O)[C@H](Cc1ccccc1)N(C(C)=O)C1COc2ccc(C=O)cc21. The van der Waals surface area contributed by atoms with Crippen molar-refractivity contribution in [3.63, 3.8) is 0 Å². The molecule has 2 heterocycles. The third-order valence-corrected chi connectivity index (χ3v) is 6.31. The van der Waals surface area contributed by atoms with Gasteiger partial charge in [-0.25, -0.2) is 9.78 Å². The van der Waals surface area contributed by atoms with Gasteiger partial charge in [0.05, 0.1) is 25.2 Å². The Labute approximate surface area is 214 Å². The number of aldehydes is 1. The molecule has 37 heavy (non-hydrogen) atoms. The predicted octanol–water partition coefficient (Wildman–Crippen LogP) is 2.02. The molecule has 0 radical (unpaired) electrons. The molecule has 192 valence electrons. The molecule has 2 N–H and O–H groups in total. The van der Waals surface area contributed by atoms with Crippen LogP contribution in [-0.4, -0.2) is 64.7 Å². The lowest BCUT2D eigenvalue weighted by atomic mass is 9.98. The van der Waals surface area contributed by atoms with Crippen LogP contribution in [0, 0.1) is 0 Å². The number of fused-ring (bicyclic) bond motifs is 1.